The number of likely N-dealkylation sites (N-methyl/N-ethyl adjacent to an activating group) is 1. The third-order valence-corrected chi connectivity index (χ3v) is 9.51. The highest BCUT2D eigenvalue weighted by Crippen LogP contribution is 2.52. The number of rotatable bonds is 8. The molecule has 2 aromatic rings. The first-order valence-electron chi connectivity index (χ1n) is 14.6. The number of nitrogens with zero attached hydrogens (tertiary/aromatic N) is 2. The topological polar surface area (TPSA) is 89.6 Å². The summed E-state index contributed by atoms with van der Waals surface area (Å²) in [5, 5.41) is 2.81. The molecular formula is C32H43N3O6. The second-order valence-electron chi connectivity index (χ2n) is 11.4. The van der Waals surface area contributed by atoms with Gasteiger partial charge in [0.2, 0.25) is 11.8 Å². The van der Waals surface area contributed by atoms with Crippen molar-refractivity contribution in [2.45, 2.75) is 62.9 Å². The Morgan fingerprint density at radius 1 is 0.902 bits per heavy atom. The van der Waals surface area contributed by atoms with Crippen LogP contribution in [0.5, 0.6) is 23.0 Å². The van der Waals surface area contributed by atoms with Gasteiger partial charge in [-0.2, -0.15) is 0 Å². The van der Waals surface area contributed by atoms with Crippen LogP contribution >= 0.6 is 0 Å². The average Bonchev–Trinajstić information content (AvgIpc) is 3.47. The Morgan fingerprint density at radius 2 is 1.49 bits per heavy atom. The van der Waals surface area contributed by atoms with Gasteiger partial charge in [-0.25, -0.2) is 0 Å². The van der Waals surface area contributed by atoms with Gasteiger partial charge in [0.25, 0.3) is 0 Å². The molecule has 0 aromatic heterocycles. The van der Waals surface area contributed by atoms with E-state index in [1.807, 2.05) is 17.0 Å². The highest BCUT2D eigenvalue weighted by molar-refractivity contribution is 5.90. The predicted molar refractivity (Wildman–Crippen MR) is 156 cm³/mol. The fraction of sp³-hybridized carbons (Fsp3) is 0.562. The lowest BCUT2D eigenvalue weighted by Crippen LogP contribution is -2.53. The summed E-state index contributed by atoms with van der Waals surface area (Å²) in [5.41, 5.74) is 4.20. The molecule has 1 N–H and O–H groups in total. The van der Waals surface area contributed by atoms with Crippen molar-refractivity contribution in [2.24, 2.45) is 0 Å². The van der Waals surface area contributed by atoms with Crippen LogP contribution in [0.3, 0.4) is 0 Å². The van der Waals surface area contributed by atoms with E-state index >= 15 is 0 Å². The summed E-state index contributed by atoms with van der Waals surface area (Å²) in [6.07, 6.45) is 5.35. The number of carbonyl (C=O) groups excluding carboxylic acids is 2. The normalized spacial score (nSPS) is 21.2. The SMILES string of the molecule is CNC(=O)C1c2cc(OC)c(OC)cc2C2(CCCC2)CN1C(=O)CCN1CCc2cc(OC)c(OC)cc2C1C. The Bertz CT molecular complexity index is 1300. The third-order valence-electron chi connectivity index (χ3n) is 9.51. The van der Waals surface area contributed by atoms with Crippen LogP contribution in [-0.4, -0.2) is 76.7 Å². The Hall–Kier alpha value is -3.46. The number of ether oxygens (including phenoxy) is 4. The van der Waals surface area contributed by atoms with Crippen LogP contribution in [0.25, 0.3) is 0 Å². The number of nitrogens with one attached hydrogen (secondary N) is 1. The van der Waals surface area contributed by atoms with Gasteiger partial charge in [0.15, 0.2) is 23.0 Å². The molecule has 1 saturated carbocycles. The molecule has 2 unspecified atom stereocenters. The zero-order chi connectivity index (χ0) is 29.3. The van der Waals surface area contributed by atoms with Gasteiger partial charge in [-0.05, 0) is 72.7 Å². The number of hydrogen-bond acceptors (Lipinski definition) is 7. The highest BCUT2D eigenvalue weighted by atomic mass is 16.5. The predicted octanol–water partition coefficient (Wildman–Crippen LogP) is 4.17. The van der Waals surface area contributed by atoms with Gasteiger partial charge >= 0.3 is 0 Å². The maximum absolute atomic E-state index is 14.1. The molecule has 41 heavy (non-hydrogen) atoms. The van der Waals surface area contributed by atoms with Crippen LogP contribution in [0.15, 0.2) is 24.3 Å². The van der Waals surface area contributed by atoms with Crippen molar-refractivity contribution < 1.29 is 28.5 Å². The number of benzene rings is 2. The molecule has 1 aliphatic carbocycles. The summed E-state index contributed by atoms with van der Waals surface area (Å²) < 4.78 is 22.3. The fourth-order valence-corrected chi connectivity index (χ4v) is 7.27. The average molecular weight is 566 g/mol. The number of methoxy groups -OCH3 is 4. The maximum atomic E-state index is 14.1. The van der Waals surface area contributed by atoms with E-state index in [0.717, 1.165) is 55.5 Å². The molecule has 9 heteroatoms. The second kappa shape index (κ2) is 11.8. The van der Waals surface area contributed by atoms with Crippen molar-refractivity contribution in [3.8, 4) is 23.0 Å². The standard InChI is InChI=1S/C32H43N3O6/c1-20-22-16-26(39-4)25(38-3)15-21(22)9-13-34(20)14-10-29(36)35-19-32(11-7-8-12-32)24-18-28(41-6)27(40-5)17-23(24)30(35)31(37)33-2/h15-18,20,30H,7-14,19H2,1-6H3,(H,33,37). The van der Waals surface area contributed by atoms with E-state index in [2.05, 4.69) is 29.3 Å². The van der Waals surface area contributed by atoms with Gasteiger partial charge < -0.3 is 29.2 Å². The molecule has 0 saturated heterocycles. The lowest BCUT2D eigenvalue weighted by atomic mass is 9.71. The lowest BCUT2D eigenvalue weighted by molar-refractivity contribution is -0.143. The van der Waals surface area contributed by atoms with Gasteiger partial charge in [0, 0.05) is 44.6 Å². The van der Waals surface area contributed by atoms with E-state index in [4.69, 9.17) is 18.9 Å². The van der Waals surface area contributed by atoms with Crippen LogP contribution < -0.4 is 24.3 Å². The first-order chi connectivity index (χ1) is 19.8. The molecule has 2 heterocycles. The molecule has 0 bridgehead atoms. The van der Waals surface area contributed by atoms with Crippen molar-refractivity contribution in [1.82, 2.24) is 15.1 Å². The molecule has 2 amide bonds. The van der Waals surface area contributed by atoms with Crippen LogP contribution in [0.1, 0.15) is 73.4 Å². The van der Waals surface area contributed by atoms with Crippen LogP contribution in [0.2, 0.25) is 0 Å². The van der Waals surface area contributed by atoms with E-state index in [9.17, 15) is 9.59 Å². The van der Waals surface area contributed by atoms with E-state index in [-0.39, 0.29) is 23.3 Å². The summed E-state index contributed by atoms with van der Waals surface area (Å²) in [5.74, 6) is 2.47. The van der Waals surface area contributed by atoms with Gasteiger partial charge in [0.05, 0.1) is 28.4 Å². The van der Waals surface area contributed by atoms with Crippen molar-refractivity contribution >= 4 is 11.8 Å². The number of amides is 2. The first kappa shape index (κ1) is 29.0. The van der Waals surface area contributed by atoms with E-state index in [0.29, 0.717) is 36.8 Å². The Kier molecular flexibility index (Phi) is 8.36. The van der Waals surface area contributed by atoms with Crippen molar-refractivity contribution in [1.29, 1.82) is 0 Å². The molecule has 1 fully saturated rings. The molecule has 1 spiro atoms. The molecule has 2 aromatic carbocycles. The molecule has 0 radical (unpaired) electrons. The van der Waals surface area contributed by atoms with Gasteiger partial charge in [-0.1, -0.05) is 12.8 Å². The fourth-order valence-electron chi connectivity index (χ4n) is 7.27. The molecule has 222 valence electrons. The first-order valence-corrected chi connectivity index (χ1v) is 14.6. The minimum Gasteiger partial charge on any atom is -0.493 e. The van der Waals surface area contributed by atoms with Crippen molar-refractivity contribution in [3.63, 3.8) is 0 Å². The van der Waals surface area contributed by atoms with Crippen molar-refractivity contribution in [2.75, 3.05) is 55.1 Å². The Balaban J connectivity index is 1.42. The quantitative estimate of drug-likeness (QED) is 0.514. The summed E-state index contributed by atoms with van der Waals surface area (Å²) in [4.78, 5) is 31.6. The summed E-state index contributed by atoms with van der Waals surface area (Å²) in [6, 6.07) is 7.47. The molecular weight excluding hydrogens is 522 g/mol. The van der Waals surface area contributed by atoms with Crippen LogP contribution in [-0.2, 0) is 21.4 Å². The van der Waals surface area contributed by atoms with Gasteiger partial charge in [-0.3, -0.25) is 14.5 Å². The molecule has 5 rings (SSSR count). The monoisotopic (exact) mass is 565 g/mol. The number of hydrogen-bond donors (Lipinski definition) is 1. The largest absolute Gasteiger partial charge is 0.493 e. The molecule has 2 atom stereocenters. The second-order valence-corrected chi connectivity index (χ2v) is 11.4. The minimum absolute atomic E-state index is 0.00406. The smallest absolute Gasteiger partial charge is 0.247 e. The lowest BCUT2D eigenvalue weighted by Gasteiger charge is -2.46. The van der Waals surface area contributed by atoms with Gasteiger partial charge in [-0.15, -0.1) is 0 Å². The molecule has 9 nitrogen and oxygen atoms in total. The summed E-state index contributed by atoms with van der Waals surface area (Å²) >= 11 is 0. The molecule has 3 aliphatic rings. The number of carbonyl (C=O) groups is 2. The van der Waals surface area contributed by atoms with E-state index < -0.39 is 6.04 Å². The van der Waals surface area contributed by atoms with Crippen LogP contribution in [0, 0.1) is 0 Å². The summed E-state index contributed by atoms with van der Waals surface area (Å²) in [7, 11) is 8.16. The maximum Gasteiger partial charge on any atom is 0.247 e. The summed E-state index contributed by atoms with van der Waals surface area (Å²) in [6.45, 7) is 4.16. The zero-order valence-corrected chi connectivity index (χ0v) is 25.2. The minimum atomic E-state index is -0.718. The molecule has 2 aliphatic heterocycles. The van der Waals surface area contributed by atoms with Gasteiger partial charge in [0.1, 0.15) is 6.04 Å². The highest BCUT2D eigenvalue weighted by Gasteiger charge is 2.49. The van der Waals surface area contributed by atoms with Crippen LogP contribution in [0.4, 0.5) is 0 Å². The number of fused-ring (bicyclic) bond motifs is 3. The van der Waals surface area contributed by atoms with E-state index in [1.54, 1.807) is 35.5 Å². The Labute approximate surface area is 243 Å². The Morgan fingerprint density at radius 3 is 2.10 bits per heavy atom. The zero-order valence-electron chi connectivity index (χ0n) is 25.2. The van der Waals surface area contributed by atoms with Crippen molar-refractivity contribution in [3.05, 3.63) is 46.5 Å². The van der Waals surface area contributed by atoms with E-state index in [1.165, 1.54) is 11.1 Å². The third kappa shape index (κ3) is 5.09.